The van der Waals surface area contributed by atoms with Crippen molar-refractivity contribution in [1.29, 1.82) is 0 Å². The Labute approximate surface area is 214 Å². The van der Waals surface area contributed by atoms with E-state index in [-0.39, 0.29) is 78.3 Å². The fourth-order valence-electron chi connectivity index (χ4n) is 5.26. The van der Waals surface area contributed by atoms with Crippen LogP contribution in [-0.2, 0) is 52.4 Å². The quantitative estimate of drug-likeness (QED) is 0.170. The van der Waals surface area contributed by atoms with Crippen molar-refractivity contribution in [3.05, 3.63) is 24.3 Å². The fraction of sp³-hybridized carbons (Fsp3) is 0.652. The maximum atomic E-state index is 12.0. The van der Waals surface area contributed by atoms with Gasteiger partial charge < -0.3 is 18.9 Å². The molecule has 13 nitrogen and oxygen atoms in total. The molecule has 0 radical (unpaired) electrons. The molecule has 4 fully saturated rings. The Hall–Kier alpha value is -2.49. The van der Waals surface area contributed by atoms with Crippen LogP contribution in [0.1, 0.15) is 0 Å². The number of carbonyl (C=O) groups is 4. The highest BCUT2D eigenvalue weighted by molar-refractivity contribution is 7.85. The van der Waals surface area contributed by atoms with E-state index in [0.29, 0.717) is 19.8 Å². The Balaban J connectivity index is 0.000000136. The first-order chi connectivity index (χ1) is 17.6. The number of imide groups is 2. The van der Waals surface area contributed by atoms with Gasteiger partial charge in [-0.25, -0.2) is 0 Å². The summed E-state index contributed by atoms with van der Waals surface area (Å²) in [5.74, 6) is -1.67. The van der Waals surface area contributed by atoms with Gasteiger partial charge in [0.1, 0.15) is 0 Å². The van der Waals surface area contributed by atoms with Crippen LogP contribution in [0.4, 0.5) is 0 Å². The third-order valence-corrected chi connectivity index (χ3v) is 7.45. The summed E-state index contributed by atoms with van der Waals surface area (Å²) in [5, 5.41) is 2.32. The summed E-state index contributed by atoms with van der Waals surface area (Å²) in [4.78, 5) is 47.8. The number of nitrogens with one attached hydrogen (secondary N) is 1. The SMILES string of the molecule is COCCN1C(=O)C2C3C=CC(O3)C2C1=O.COCCOS(C)(=O)=O.O=C1NC(=O)C2C3C=CC(O3)C12. The highest BCUT2D eigenvalue weighted by Gasteiger charge is 2.60. The molecular formula is C23H30N2O11S. The minimum Gasteiger partial charge on any atom is -0.383 e. The third kappa shape index (κ3) is 5.54. The second-order valence-electron chi connectivity index (χ2n) is 9.20. The molecule has 4 saturated heterocycles. The summed E-state index contributed by atoms with van der Waals surface area (Å²) in [6.07, 6.45) is 7.79. The summed E-state index contributed by atoms with van der Waals surface area (Å²) >= 11 is 0. The van der Waals surface area contributed by atoms with Crippen molar-refractivity contribution in [2.45, 2.75) is 24.4 Å². The molecule has 1 N–H and O–H groups in total. The van der Waals surface area contributed by atoms with E-state index in [1.807, 2.05) is 24.3 Å². The van der Waals surface area contributed by atoms with Crippen molar-refractivity contribution in [2.75, 3.05) is 46.8 Å². The van der Waals surface area contributed by atoms with E-state index in [0.717, 1.165) is 6.26 Å². The van der Waals surface area contributed by atoms with E-state index < -0.39 is 10.1 Å². The van der Waals surface area contributed by atoms with Gasteiger partial charge in [-0.15, -0.1) is 0 Å². The van der Waals surface area contributed by atoms with Gasteiger partial charge in [-0.2, -0.15) is 8.42 Å². The lowest BCUT2D eigenvalue weighted by Gasteiger charge is -2.16. The Kier molecular flexibility index (Phi) is 8.26. The number of likely N-dealkylation sites (tertiary alicyclic amines) is 1. The maximum Gasteiger partial charge on any atom is 0.264 e. The lowest BCUT2D eigenvalue weighted by atomic mass is 9.85. The molecule has 6 aliphatic rings. The second kappa shape index (κ2) is 11.1. The van der Waals surface area contributed by atoms with Crippen LogP contribution in [0.25, 0.3) is 0 Å². The fourth-order valence-corrected chi connectivity index (χ4v) is 5.63. The van der Waals surface area contributed by atoms with Gasteiger partial charge in [0, 0.05) is 14.2 Å². The molecule has 4 bridgehead atoms. The van der Waals surface area contributed by atoms with Crippen LogP contribution in [0.3, 0.4) is 0 Å². The molecule has 0 aromatic carbocycles. The van der Waals surface area contributed by atoms with E-state index in [4.69, 9.17) is 14.2 Å². The number of hydrogen-bond acceptors (Lipinski definition) is 11. The average molecular weight is 543 g/mol. The first-order valence-electron chi connectivity index (χ1n) is 11.8. The van der Waals surface area contributed by atoms with Crippen LogP contribution >= 0.6 is 0 Å². The Morgan fingerprint density at radius 3 is 1.59 bits per heavy atom. The molecule has 6 rings (SSSR count). The largest absolute Gasteiger partial charge is 0.383 e. The normalized spacial score (nSPS) is 35.8. The molecule has 8 unspecified atom stereocenters. The number of hydrogen-bond donors (Lipinski definition) is 1. The summed E-state index contributed by atoms with van der Waals surface area (Å²) in [5.41, 5.74) is 0. The van der Waals surface area contributed by atoms with Crippen LogP contribution in [0.15, 0.2) is 24.3 Å². The zero-order valence-electron chi connectivity index (χ0n) is 20.6. The van der Waals surface area contributed by atoms with Gasteiger partial charge in [0.25, 0.3) is 10.1 Å². The minimum atomic E-state index is -3.28. The Morgan fingerprint density at radius 2 is 1.19 bits per heavy atom. The number of amides is 4. The lowest BCUT2D eigenvalue weighted by Crippen LogP contribution is -2.36. The summed E-state index contributed by atoms with van der Waals surface area (Å²) in [7, 11) is -0.243. The van der Waals surface area contributed by atoms with E-state index >= 15 is 0 Å². The zero-order valence-corrected chi connectivity index (χ0v) is 21.4. The van der Waals surface area contributed by atoms with Crippen molar-refractivity contribution in [1.82, 2.24) is 10.2 Å². The highest BCUT2D eigenvalue weighted by atomic mass is 32.2. The summed E-state index contributed by atoms with van der Waals surface area (Å²) < 4.78 is 45.1. The molecule has 6 aliphatic heterocycles. The number of nitrogens with zero attached hydrogens (tertiary/aromatic N) is 1. The molecule has 0 saturated carbocycles. The molecule has 4 amide bonds. The van der Waals surface area contributed by atoms with E-state index in [9.17, 15) is 27.6 Å². The standard InChI is InChI=1S/C11H13NO4.C8H7NO3.C4H10O4S/c1-15-5-4-12-10(13)8-6-2-3-7(16-6)9(8)11(12)14;10-7-5-3-1-2-4(12-3)6(5)8(11)9-7;1-7-3-4-8-9(2,5)6/h2-3,6-9H,4-5H2,1H3;1-6H,(H,9,10,11);3-4H2,1-2H3. The van der Waals surface area contributed by atoms with E-state index in [1.165, 1.54) is 12.0 Å². The van der Waals surface area contributed by atoms with Crippen LogP contribution in [0.2, 0.25) is 0 Å². The molecule has 6 heterocycles. The summed E-state index contributed by atoms with van der Waals surface area (Å²) in [6, 6.07) is 0. The first kappa shape index (κ1) is 27.5. The van der Waals surface area contributed by atoms with E-state index in [2.05, 4.69) is 14.2 Å². The number of methoxy groups -OCH3 is 2. The van der Waals surface area contributed by atoms with Crippen molar-refractivity contribution in [3.63, 3.8) is 0 Å². The molecule has 0 spiro atoms. The average Bonchev–Trinajstić information content (AvgIpc) is 3.67. The first-order valence-corrected chi connectivity index (χ1v) is 13.6. The number of ether oxygens (including phenoxy) is 4. The number of carbonyl (C=O) groups excluding carboxylic acids is 4. The monoisotopic (exact) mass is 542 g/mol. The topological polar surface area (TPSA) is 164 Å². The molecule has 0 aliphatic carbocycles. The van der Waals surface area contributed by atoms with Gasteiger partial charge in [0.15, 0.2) is 0 Å². The summed E-state index contributed by atoms with van der Waals surface area (Å²) in [6.45, 7) is 1.13. The lowest BCUT2D eigenvalue weighted by molar-refractivity contribution is -0.143. The van der Waals surface area contributed by atoms with Crippen LogP contribution in [-0.4, -0.2) is 108 Å². The van der Waals surface area contributed by atoms with Crippen LogP contribution in [0.5, 0.6) is 0 Å². The van der Waals surface area contributed by atoms with Crippen molar-refractivity contribution < 1.29 is 50.7 Å². The Bertz CT molecular complexity index is 1050. The zero-order chi connectivity index (χ0) is 26.9. The molecule has 37 heavy (non-hydrogen) atoms. The van der Waals surface area contributed by atoms with E-state index in [1.54, 1.807) is 7.11 Å². The van der Waals surface area contributed by atoms with Gasteiger partial charge in [-0.3, -0.25) is 33.6 Å². The number of fused-ring (bicyclic) bond motifs is 10. The highest BCUT2D eigenvalue weighted by Crippen LogP contribution is 2.45. The van der Waals surface area contributed by atoms with Gasteiger partial charge >= 0.3 is 0 Å². The van der Waals surface area contributed by atoms with Crippen LogP contribution < -0.4 is 5.32 Å². The molecule has 0 aromatic rings. The maximum absolute atomic E-state index is 12.0. The van der Waals surface area contributed by atoms with Gasteiger partial charge in [0.2, 0.25) is 23.6 Å². The minimum absolute atomic E-state index is 0.0926. The van der Waals surface area contributed by atoms with Crippen molar-refractivity contribution in [2.24, 2.45) is 23.7 Å². The molecule has 0 aromatic heterocycles. The molecule has 14 heteroatoms. The number of rotatable bonds is 7. The van der Waals surface area contributed by atoms with Crippen molar-refractivity contribution in [3.8, 4) is 0 Å². The van der Waals surface area contributed by atoms with Crippen LogP contribution in [0, 0.1) is 23.7 Å². The van der Waals surface area contributed by atoms with Gasteiger partial charge in [-0.1, -0.05) is 24.3 Å². The molecule has 8 atom stereocenters. The smallest absolute Gasteiger partial charge is 0.264 e. The Morgan fingerprint density at radius 1 is 0.757 bits per heavy atom. The second-order valence-corrected chi connectivity index (χ2v) is 10.8. The van der Waals surface area contributed by atoms with Crippen molar-refractivity contribution >= 4 is 33.7 Å². The molecule has 204 valence electrons. The predicted molar refractivity (Wildman–Crippen MR) is 124 cm³/mol. The predicted octanol–water partition coefficient (Wildman–Crippen LogP) is -1.61. The van der Waals surface area contributed by atoms with Gasteiger partial charge in [-0.05, 0) is 0 Å². The third-order valence-electron chi connectivity index (χ3n) is 6.86. The molecular weight excluding hydrogens is 512 g/mol. The van der Waals surface area contributed by atoms with Gasteiger partial charge in [0.05, 0.1) is 80.7 Å².